The average Bonchev–Trinajstić information content (AvgIpc) is 2.60. The van der Waals surface area contributed by atoms with Crippen LogP contribution >= 0.6 is 0 Å². The molecule has 17 heteroatoms. The third-order valence-electron chi connectivity index (χ3n) is 3.75. The molecule has 0 aromatic carbocycles. The number of hydrogen-bond acceptors (Lipinski definition) is 3. The third kappa shape index (κ3) is 5.52. The van der Waals surface area contributed by atoms with E-state index in [1.54, 1.807) is 0 Å². The Bertz CT molecular complexity index is 618. The van der Waals surface area contributed by atoms with Crippen LogP contribution in [-0.2, 0) is 13.3 Å². The molecule has 0 heterocycles. The lowest BCUT2D eigenvalue weighted by molar-refractivity contribution is -0.436. The summed E-state index contributed by atoms with van der Waals surface area (Å²) in [5.74, 6) is -37.2. The van der Waals surface area contributed by atoms with Gasteiger partial charge in [0.15, 0.2) is 0 Å². The maximum absolute atomic E-state index is 13.8. The van der Waals surface area contributed by atoms with Crippen molar-refractivity contribution in [3.63, 3.8) is 0 Å². The maximum Gasteiger partial charge on any atom is 0.504 e. The summed E-state index contributed by atoms with van der Waals surface area (Å²) in [5.41, 5.74) is 0. The molecule has 192 valence electrons. The van der Waals surface area contributed by atoms with Crippen LogP contribution in [0.3, 0.4) is 0 Å². The summed E-state index contributed by atoms with van der Waals surface area (Å²) >= 11 is 0. The second kappa shape index (κ2) is 10.0. The molecule has 0 amide bonds. The zero-order valence-corrected chi connectivity index (χ0v) is 17.6. The van der Waals surface area contributed by atoms with Crippen LogP contribution in [0.25, 0.3) is 0 Å². The molecule has 0 N–H and O–H groups in total. The van der Waals surface area contributed by atoms with E-state index in [2.05, 4.69) is 0 Å². The lowest BCUT2D eigenvalue weighted by Crippen LogP contribution is -2.69. The Kier molecular flexibility index (Phi) is 9.71. The van der Waals surface area contributed by atoms with Crippen LogP contribution in [0.4, 0.5) is 57.1 Å². The predicted octanol–water partition coefficient (Wildman–Crippen LogP) is 6.33. The van der Waals surface area contributed by atoms with Gasteiger partial charge in [-0.1, -0.05) is 6.08 Å². The van der Waals surface area contributed by atoms with Gasteiger partial charge >= 0.3 is 44.6 Å². The van der Waals surface area contributed by atoms with Crippen molar-refractivity contribution in [1.29, 1.82) is 0 Å². The summed E-state index contributed by atoms with van der Waals surface area (Å²) in [5, 5.41) is 0. The van der Waals surface area contributed by atoms with E-state index in [1.807, 2.05) is 0 Å². The molecule has 0 aliphatic carbocycles. The first-order valence-electron chi connectivity index (χ1n) is 8.69. The minimum absolute atomic E-state index is 0.0389. The molecule has 0 radical (unpaired) electrons. The third-order valence-corrected chi connectivity index (χ3v) is 6.67. The van der Waals surface area contributed by atoms with Crippen molar-refractivity contribution < 1.29 is 70.4 Å². The van der Waals surface area contributed by atoms with E-state index < -0.39 is 56.7 Å². The van der Waals surface area contributed by atoms with Crippen LogP contribution in [0.2, 0.25) is 6.04 Å². The Morgan fingerprint density at radius 1 is 0.562 bits per heavy atom. The van der Waals surface area contributed by atoms with Crippen molar-refractivity contribution in [1.82, 2.24) is 0 Å². The lowest BCUT2D eigenvalue weighted by atomic mass is 9.94. The molecular formula is C15H19F13O3Si. The second-order valence-corrected chi connectivity index (χ2v) is 8.65. The monoisotopic (exact) mass is 522 g/mol. The van der Waals surface area contributed by atoms with Gasteiger partial charge in [0.2, 0.25) is 0 Å². The smallest absolute Gasteiger partial charge is 0.374 e. The van der Waals surface area contributed by atoms with E-state index >= 15 is 0 Å². The van der Waals surface area contributed by atoms with Crippen LogP contribution < -0.4 is 0 Å². The van der Waals surface area contributed by atoms with E-state index in [-0.39, 0.29) is 25.9 Å². The molecule has 0 fully saturated rings. The van der Waals surface area contributed by atoms with Crippen molar-refractivity contribution in [2.75, 3.05) is 19.8 Å². The van der Waals surface area contributed by atoms with Gasteiger partial charge in [0, 0.05) is 25.9 Å². The summed E-state index contributed by atoms with van der Waals surface area (Å²) in [6.07, 6.45) is -8.45. The van der Waals surface area contributed by atoms with Crippen molar-refractivity contribution in [3.05, 3.63) is 12.2 Å². The SMILES string of the molecule is CCO[Si](C/C=C/C(F)(F)C(F)(F)C(F)(F)C(F)(F)C(F)(F)C(F)(F)F)(OCC)OCC. The molecule has 0 saturated heterocycles. The first-order chi connectivity index (χ1) is 14.1. The Balaban J connectivity index is 6.13. The van der Waals surface area contributed by atoms with Gasteiger partial charge in [-0.3, -0.25) is 0 Å². The Labute approximate surface area is 174 Å². The van der Waals surface area contributed by atoms with Crippen LogP contribution in [0, 0.1) is 0 Å². The molecule has 0 atom stereocenters. The van der Waals surface area contributed by atoms with E-state index in [1.165, 1.54) is 20.8 Å². The Morgan fingerprint density at radius 3 is 1.22 bits per heavy atom. The first-order valence-corrected chi connectivity index (χ1v) is 10.6. The quantitative estimate of drug-likeness (QED) is 0.161. The highest BCUT2D eigenvalue weighted by molar-refractivity contribution is 6.61. The van der Waals surface area contributed by atoms with Crippen molar-refractivity contribution in [2.24, 2.45) is 0 Å². The molecule has 3 nitrogen and oxygen atoms in total. The highest BCUT2D eigenvalue weighted by atomic mass is 28.4. The zero-order chi connectivity index (χ0) is 25.9. The number of alkyl halides is 13. The highest BCUT2D eigenvalue weighted by Crippen LogP contribution is 2.60. The Morgan fingerprint density at radius 2 is 0.906 bits per heavy atom. The summed E-state index contributed by atoms with van der Waals surface area (Å²) < 4.78 is 185. The first kappa shape index (κ1) is 30.9. The van der Waals surface area contributed by atoms with Crippen LogP contribution in [0.15, 0.2) is 12.2 Å². The molecule has 0 saturated carbocycles. The van der Waals surface area contributed by atoms with Crippen LogP contribution in [-0.4, -0.2) is 64.4 Å². The van der Waals surface area contributed by atoms with E-state index in [0.29, 0.717) is 0 Å². The normalized spacial score (nSPS) is 15.6. The van der Waals surface area contributed by atoms with E-state index in [9.17, 15) is 57.1 Å². The molecule has 0 bridgehead atoms. The molecule has 32 heavy (non-hydrogen) atoms. The summed E-state index contributed by atoms with van der Waals surface area (Å²) in [4.78, 5) is 0. The number of halogens is 13. The van der Waals surface area contributed by atoms with Gasteiger partial charge in [-0.05, 0) is 26.8 Å². The predicted molar refractivity (Wildman–Crippen MR) is 85.4 cm³/mol. The summed E-state index contributed by atoms with van der Waals surface area (Å²) in [6, 6.07) is -0.866. The largest absolute Gasteiger partial charge is 0.504 e. The van der Waals surface area contributed by atoms with Crippen molar-refractivity contribution >= 4 is 8.80 Å². The van der Waals surface area contributed by atoms with Gasteiger partial charge in [0.1, 0.15) is 0 Å². The standard InChI is InChI=1S/C15H19F13O3Si/c1-4-29-32(30-5-2,31-6-3)9-7-8-10(16,17)11(18,19)12(20,21)13(22,23)14(24,25)15(26,27)28/h7-8H,4-6,9H2,1-3H3/b8-7+. The molecule has 0 aliphatic heterocycles. The van der Waals surface area contributed by atoms with Gasteiger partial charge in [0.25, 0.3) is 0 Å². The maximum atomic E-state index is 13.8. The van der Waals surface area contributed by atoms with Gasteiger partial charge in [0.05, 0.1) is 0 Å². The Hall–Kier alpha value is -1.07. The molecule has 0 aromatic rings. The molecule has 0 aliphatic rings. The van der Waals surface area contributed by atoms with Crippen LogP contribution in [0.5, 0.6) is 0 Å². The molecular weight excluding hydrogens is 503 g/mol. The van der Waals surface area contributed by atoms with Gasteiger partial charge in [-0.2, -0.15) is 57.1 Å². The van der Waals surface area contributed by atoms with Crippen LogP contribution in [0.1, 0.15) is 20.8 Å². The fourth-order valence-electron chi connectivity index (χ4n) is 2.20. The van der Waals surface area contributed by atoms with Gasteiger partial charge in [-0.15, -0.1) is 0 Å². The van der Waals surface area contributed by atoms with E-state index in [4.69, 9.17) is 13.3 Å². The highest BCUT2D eigenvalue weighted by Gasteiger charge is 2.90. The molecule has 0 unspecified atom stereocenters. The number of hydrogen-bond donors (Lipinski definition) is 0. The number of rotatable bonds is 13. The summed E-state index contributed by atoms with van der Waals surface area (Å²) in [7, 11) is -3.86. The molecule has 0 rings (SSSR count). The van der Waals surface area contributed by atoms with Gasteiger partial charge < -0.3 is 13.3 Å². The van der Waals surface area contributed by atoms with Crippen molar-refractivity contribution in [3.8, 4) is 0 Å². The topological polar surface area (TPSA) is 27.7 Å². The lowest BCUT2D eigenvalue weighted by Gasteiger charge is -2.39. The zero-order valence-electron chi connectivity index (χ0n) is 16.6. The summed E-state index contributed by atoms with van der Waals surface area (Å²) in [6.45, 7) is 3.79. The molecule has 0 aromatic heterocycles. The minimum atomic E-state index is -7.93. The number of allylic oxidation sites excluding steroid dienone is 2. The van der Waals surface area contributed by atoms with E-state index in [0.717, 1.165) is 0 Å². The average molecular weight is 522 g/mol. The molecule has 0 spiro atoms. The second-order valence-electron chi connectivity index (χ2n) is 6.01. The minimum Gasteiger partial charge on any atom is -0.374 e. The van der Waals surface area contributed by atoms with Crippen molar-refractivity contribution in [2.45, 2.75) is 62.6 Å². The van der Waals surface area contributed by atoms with Gasteiger partial charge in [-0.25, -0.2) is 0 Å². The fraction of sp³-hybridized carbons (Fsp3) is 0.867. The fourth-order valence-corrected chi connectivity index (χ4v) is 4.53.